The van der Waals surface area contributed by atoms with Gasteiger partial charge in [0.2, 0.25) is 5.91 Å². The number of carbonyl (C=O) groups is 1. The third-order valence-corrected chi connectivity index (χ3v) is 5.19. The zero-order valence-corrected chi connectivity index (χ0v) is 13.6. The predicted octanol–water partition coefficient (Wildman–Crippen LogP) is 2.14. The minimum atomic E-state index is -3.41. The Morgan fingerprint density at radius 3 is 2.81 bits per heavy atom. The fourth-order valence-corrected chi connectivity index (χ4v) is 4.19. The van der Waals surface area contributed by atoms with Crippen LogP contribution in [0.4, 0.5) is 5.69 Å². The van der Waals surface area contributed by atoms with Crippen LogP contribution in [0, 0.1) is 5.92 Å². The summed E-state index contributed by atoms with van der Waals surface area (Å²) in [6.07, 6.45) is 0. The first-order valence-corrected chi connectivity index (χ1v) is 8.92. The second-order valence-corrected chi connectivity index (χ2v) is 7.95. The highest BCUT2D eigenvalue weighted by Crippen LogP contribution is 2.37. The van der Waals surface area contributed by atoms with Crippen LogP contribution in [0.2, 0.25) is 5.02 Å². The molecule has 0 spiro atoms. The molecule has 0 saturated heterocycles. The van der Waals surface area contributed by atoms with Gasteiger partial charge in [0.05, 0.1) is 23.0 Å². The number of benzene rings is 1. The molecule has 0 aliphatic carbocycles. The largest absolute Gasteiger partial charge is 0.488 e. The van der Waals surface area contributed by atoms with Crippen LogP contribution in [0.1, 0.15) is 13.8 Å². The van der Waals surface area contributed by atoms with Crippen molar-refractivity contribution in [2.45, 2.75) is 13.8 Å². The molecular weight excluding hydrogens is 314 g/mol. The highest BCUT2D eigenvalue weighted by Gasteiger charge is 2.28. The fourth-order valence-electron chi connectivity index (χ4n) is 2.30. The molecule has 0 bridgehead atoms. The van der Waals surface area contributed by atoms with Crippen molar-refractivity contribution >= 4 is 33.0 Å². The second-order valence-electron chi connectivity index (χ2n) is 5.43. The summed E-state index contributed by atoms with van der Waals surface area (Å²) in [5, 5.41) is 0.412. The molecule has 0 N–H and O–H groups in total. The Morgan fingerprint density at radius 2 is 2.14 bits per heavy atom. The first-order valence-electron chi connectivity index (χ1n) is 6.72. The van der Waals surface area contributed by atoms with Crippen LogP contribution in [0.25, 0.3) is 0 Å². The maximum Gasteiger partial charge on any atom is 0.242 e. The number of hydrogen-bond acceptors (Lipinski definition) is 4. The summed E-state index contributed by atoms with van der Waals surface area (Å²) in [5.41, 5.74) is 0.526. The monoisotopic (exact) mass is 331 g/mol. The first-order chi connectivity index (χ1) is 9.80. The number of fused-ring (bicyclic) bond motifs is 1. The molecule has 0 saturated carbocycles. The molecule has 0 aromatic heterocycles. The third kappa shape index (κ3) is 3.89. The summed E-state index contributed by atoms with van der Waals surface area (Å²) in [6, 6.07) is 5.08. The number of carbonyl (C=O) groups excluding carboxylic acids is 1. The van der Waals surface area contributed by atoms with E-state index in [1.54, 1.807) is 18.2 Å². The second kappa shape index (κ2) is 6.23. The van der Waals surface area contributed by atoms with Gasteiger partial charge in [0.15, 0.2) is 15.6 Å². The molecule has 1 aliphatic rings. The van der Waals surface area contributed by atoms with E-state index in [2.05, 4.69) is 0 Å². The zero-order chi connectivity index (χ0) is 15.6. The lowest BCUT2D eigenvalue weighted by molar-refractivity contribution is -0.116. The van der Waals surface area contributed by atoms with Gasteiger partial charge in [-0.2, -0.15) is 0 Å². The molecule has 116 valence electrons. The summed E-state index contributed by atoms with van der Waals surface area (Å²) in [5.74, 6) is -0.500. The van der Waals surface area contributed by atoms with Crippen molar-refractivity contribution < 1.29 is 17.9 Å². The van der Waals surface area contributed by atoms with Crippen molar-refractivity contribution in [3.63, 3.8) is 0 Å². The van der Waals surface area contributed by atoms with Crippen molar-refractivity contribution in [3.05, 3.63) is 23.2 Å². The van der Waals surface area contributed by atoms with E-state index in [0.29, 0.717) is 29.6 Å². The molecule has 0 radical (unpaired) electrons. The zero-order valence-electron chi connectivity index (χ0n) is 12.0. The fraction of sp³-hybridized carbons (Fsp3) is 0.500. The normalized spacial score (nSPS) is 14.8. The van der Waals surface area contributed by atoms with Gasteiger partial charge in [-0.05, 0) is 18.1 Å². The Morgan fingerprint density at radius 1 is 1.43 bits per heavy atom. The van der Waals surface area contributed by atoms with Gasteiger partial charge in [0.25, 0.3) is 0 Å². The van der Waals surface area contributed by atoms with Crippen molar-refractivity contribution in [2.24, 2.45) is 5.92 Å². The lowest BCUT2D eigenvalue weighted by Crippen LogP contribution is -2.41. The minimum absolute atomic E-state index is 0.00535. The molecule has 0 fully saturated rings. The van der Waals surface area contributed by atoms with Crippen LogP contribution in [-0.4, -0.2) is 39.0 Å². The number of amides is 1. The summed E-state index contributed by atoms with van der Waals surface area (Å²) in [4.78, 5) is 13.8. The predicted molar refractivity (Wildman–Crippen MR) is 82.8 cm³/mol. The number of rotatable bonds is 4. The van der Waals surface area contributed by atoms with Gasteiger partial charge in [-0.1, -0.05) is 31.5 Å². The van der Waals surface area contributed by atoms with Gasteiger partial charge in [0.1, 0.15) is 12.4 Å². The van der Waals surface area contributed by atoms with E-state index in [9.17, 15) is 13.2 Å². The highest BCUT2D eigenvalue weighted by atomic mass is 35.5. The van der Waals surface area contributed by atoms with Gasteiger partial charge in [-0.25, -0.2) is 8.42 Å². The van der Waals surface area contributed by atoms with Gasteiger partial charge in [-0.3, -0.25) is 4.79 Å². The number of anilines is 1. The van der Waals surface area contributed by atoms with Crippen LogP contribution in [0.5, 0.6) is 5.75 Å². The Hall–Kier alpha value is -1.27. The maximum atomic E-state index is 12.3. The molecule has 1 amide bonds. The average molecular weight is 332 g/mol. The smallest absolute Gasteiger partial charge is 0.242 e. The van der Waals surface area contributed by atoms with Crippen molar-refractivity contribution in [1.29, 1.82) is 0 Å². The highest BCUT2D eigenvalue weighted by molar-refractivity contribution is 7.92. The van der Waals surface area contributed by atoms with Crippen molar-refractivity contribution in [3.8, 4) is 5.75 Å². The average Bonchev–Trinajstić information content (AvgIpc) is 2.36. The lowest BCUT2D eigenvalue weighted by Gasteiger charge is -2.30. The van der Waals surface area contributed by atoms with Crippen LogP contribution < -0.4 is 9.64 Å². The number of halogens is 1. The van der Waals surface area contributed by atoms with E-state index < -0.39 is 21.5 Å². The van der Waals surface area contributed by atoms with E-state index in [-0.39, 0.29) is 11.7 Å². The number of hydrogen-bond donors (Lipinski definition) is 0. The van der Waals surface area contributed by atoms with E-state index >= 15 is 0 Å². The van der Waals surface area contributed by atoms with Gasteiger partial charge in [-0.15, -0.1) is 0 Å². The van der Waals surface area contributed by atoms with Gasteiger partial charge < -0.3 is 9.64 Å². The first kappa shape index (κ1) is 16.1. The van der Waals surface area contributed by atoms with Crippen molar-refractivity contribution in [2.75, 3.05) is 29.6 Å². The number of nitrogens with zero attached hydrogens (tertiary/aromatic N) is 1. The molecule has 0 unspecified atom stereocenters. The minimum Gasteiger partial charge on any atom is -0.488 e. The summed E-state index contributed by atoms with van der Waals surface area (Å²) >= 11 is 6.03. The molecule has 21 heavy (non-hydrogen) atoms. The van der Waals surface area contributed by atoms with Gasteiger partial charge in [0, 0.05) is 0 Å². The molecule has 1 heterocycles. The quantitative estimate of drug-likeness (QED) is 0.848. The molecule has 5 nitrogen and oxygen atoms in total. The number of ether oxygens (including phenoxy) is 1. The Kier molecular flexibility index (Phi) is 4.78. The Bertz CT molecular complexity index is 642. The number of sulfone groups is 1. The molecule has 1 aliphatic heterocycles. The SMILES string of the molecule is CC(C)CS(=O)(=O)CC(=O)N1CCOc2c(Cl)cccc21. The molecule has 0 atom stereocenters. The van der Waals surface area contributed by atoms with Crippen LogP contribution in [0.3, 0.4) is 0 Å². The standard InChI is InChI=1S/C14H18ClNO4S/c1-10(2)8-21(18,19)9-13(17)16-6-7-20-14-11(15)4-3-5-12(14)16/h3-5,10H,6-9H2,1-2H3. The van der Waals surface area contributed by atoms with E-state index in [1.165, 1.54) is 4.90 Å². The summed E-state index contributed by atoms with van der Waals surface area (Å²) in [6.45, 7) is 4.24. The van der Waals surface area contributed by atoms with Gasteiger partial charge >= 0.3 is 0 Å². The number of para-hydroxylation sites is 1. The molecule has 1 aromatic rings. The summed E-state index contributed by atoms with van der Waals surface area (Å²) < 4.78 is 29.4. The molecule has 7 heteroatoms. The van der Waals surface area contributed by atoms with E-state index in [4.69, 9.17) is 16.3 Å². The summed E-state index contributed by atoms with van der Waals surface area (Å²) in [7, 11) is -3.41. The Labute approximate surface area is 129 Å². The van der Waals surface area contributed by atoms with Crippen LogP contribution >= 0.6 is 11.6 Å². The molecule has 2 rings (SSSR count). The van der Waals surface area contributed by atoms with E-state index in [1.807, 2.05) is 13.8 Å². The van der Waals surface area contributed by atoms with Crippen LogP contribution in [-0.2, 0) is 14.6 Å². The topological polar surface area (TPSA) is 63.7 Å². The van der Waals surface area contributed by atoms with E-state index in [0.717, 1.165) is 0 Å². The Balaban J connectivity index is 2.21. The third-order valence-electron chi connectivity index (χ3n) is 3.03. The van der Waals surface area contributed by atoms with Crippen LogP contribution in [0.15, 0.2) is 18.2 Å². The molecular formula is C14H18ClNO4S. The molecule has 1 aromatic carbocycles. The van der Waals surface area contributed by atoms with Crippen molar-refractivity contribution in [1.82, 2.24) is 0 Å². The lowest BCUT2D eigenvalue weighted by atomic mass is 10.2. The maximum absolute atomic E-state index is 12.3.